The Balaban J connectivity index is 1.54. The van der Waals surface area contributed by atoms with Crippen LogP contribution in [0.4, 0.5) is 0 Å². The van der Waals surface area contributed by atoms with Gasteiger partial charge in [-0.15, -0.1) is 11.8 Å². The van der Waals surface area contributed by atoms with Crippen LogP contribution in [-0.4, -0.2) is 42.9 Å². The van der Waals surface area contributed by atoms with E-state index in [4.69, 9.17) is 0 Å². The predicted molar refractivity (Wildman–Crippen MR) is 80.3 cm³/mol. The highest BCUT2D eigenvalue weighted by Crippen LogP contribution is 2.15. The second-order valence-corrected chi connectivity index (χ2v) is 6.19. The summed E-state index contributed by atoms with van der Waals surface area (Å²) in [7, 11) is 0. The summed E-state index contributed by atoms with van der Waals surface area (Å²) in [5, 5.41) is 3.62. The largest absolute Gasteiger partial charge is 0.312 e. The molecule has 0 radical (unpaired) electrons. The Morgan fingerprint density at radius 3 is 2.67 bits per heavy atom. The molecule has 1 heterocycles. The Kier molecular flexibility index (Phi) is 6.05. The Labute approximate surface area is 115 Å². The van der Waals surface area contributed by atoms with Crippen LogP contribution in [-0.2, 0) is 0 Å². The highest BCUT2D eigenvalue weighted by Gasteiger charge is 2.13. The van der Waals surface area contributed by atoms with Gasteiger partial charge in [-0.1, -0.05) is 18.2 Å². The van der Waals surface area contributed by atoms with Crippen molar-refractivity contribution < 1.29 is 0 Å². The van der Waals surface area contributed by atoms with Gasteiger partial charge in [0.25, 0.3) is 0 Å². The fourth-order valence-corrected chi connectivity index (χ4v) is 3.21. The van der Waals surface area contributed by atoms with Gasteiger partial charge < -0.3 is 10.2 Å². The lowest BCUT2D eigenvalue weighted by Gasteiger charge is -2.21. The van der Waals surface area contributed by atoms with Gasteiger partial charge in [0, 0.05) is 29.8 Å². The Hall–Kier alpha value is -0.510. The van der Waals surface area contributed by atoms with E-state index in [1.54, 1.807) is 0 Å². The van der Waals surface area contributed by atoms with E-state index in [-0.39, 0.29) is 0 Å². The molecule has 2 rings (SSSR count). The molecule has 1 aliphatic rings. The summed E-state index contributed by atoms with van der Waals surface area (Å²) in [6.07, 6.45) is 2.77. The van der Waals surface area contributed by atoms with Crippen molar-refractivity contribution in [1.29, 1.82) is 0 Å². The summed E-state index contributed by atoms with van der Waals surface area (Å²) in [4.78, 5) is 3.94. The smallest absolute Gasteiger partial charge is 0.0167 e. The predicted octanol–water partition coefficient (Wildman–Crippen LogP) is 2.85. The minimum atomic E-state index is 0.611. The van der Waals surface area contributed by atoms with Crippen LogP contribution in [0, 0.1) is 0 Å². The number of hydrogen-bond donors (Lipinski definition) is 1. The third-order valence-electron chi connectivity index (χ3n) is 3.34. The first kappa shape index (κ1) is 13.9. The summed E-state index contributed by atoms with van der Waals surface area (Å²) in [5.41, 5.74) is 0. The summed E-state index contributed by atoms with van der Waals surface area (Å²) >= 11 is 1.93. The Morgan fingerprint density at radius 2 is 1.94 bits per heavy atom. The molecule has 100 valence electrons. The zero-order valence-corrected chi connectivity index (χ0v) is 12.1. The molecule has 2 nitrogen and oxygen atoms in total. The van der Waals surface area contributed by atoms with Crippen LogP contribution in [0.3, 0.4) is 0 Å². The first-order valence-electron chi connectivity index (χ1n) is 6.98. The van der Waals surface area contributed by atoms with Crippen molar-refractivity contribution in [2.45, 2.75) is 30.7 Å². The highest BCUT2D eigenvalue weighted by molar-refractivity contribution is 7.99. The van der Waals surface area contributed by atoms with Gasteiger partial charge in [-0.2, -0.15) is 0 Å². The van der Waals surface area contributed by atoms with E-state index < -0.39 is 0 Å². The van der Waals surface area contributed by atoms with Crippen LogP contribution in [0.15, 0.2) is 35.2 Å². The summed E-state index contributed by atoms with van der Waals surface area (Å²) in [6, 6.07) is 11.2. The third kappa shape index (κ3) is 5.01. The molecule has 1 unspecified atom stereocenters. The molecule has 0 bridgehead atoms. The number of likely N-dealkylation sites (tertiary alicyclic amines) is 1. The lowest BCUT2D eigenvalue weighted by atomic mass is 10.3. The monoisotopic (exact) mass is 264 g/mol. The maximum Gasteiger partial charge on any atom is 0.0167 e. The topological polar surface area (TPSA) is 15.3 Å². The Bertz CT molecular complexity index is 323. The van der Waals surface area contributed by atoms with Crippen LogP contribution in [0.5, 0.6) is 0 Å². The van der Waals surface area contributed by atoms with Gasteiger partial charge in [-0.05, 0) is 45.0 Å². The van der Waals surface area contributed by atoms with Crippen LogP contribution in [0.25, 0.3) is 0 Å². The molecular weight excluding hydrogens is 240 g/mol. The average molecular weight is 264 g/mol. The van der Waals surface area contributed by atoms with Gasteiger partial charge in [0.15, 0.2) is 0 Å². The van der Waals surface area contributed by atoms with Gasteiger partial charge in [0.1, 0.15) is 0 Å². The first-order valence-corrected chi connectivity index (χ1v) is 7.97. The van der Waals surface area contributed by atoms with E-state index in [2.05, 4.69) is 47.5 Å². The number of thioether (sulfide) groups is 1. The van der Waals surface area contributed by atoms with Gasteiger partial charge in [-0.3, -0.25) is 0 Å². The number of nitrogens with zero attached hydrogens (tertiary/aromatic N) is 1. The molecule has 1 fully saturated rings. The molecule has 0 spiro atoms. The molecular formula is C15H24N2S. The highest BCUT2D eigenvalue weighted by atomic mass is 32.2. The first-order chi connectivity index (χ1) is 8.84. The second kappa shape index (κ2) is 7.82. The van der Waals surface area contributed by atoms with E-state index in [1.807, 2.05) is 11.8 Å². The molecule has 1 N–H and O–H groups in total. The number of nitrogens with one attached hydrogen (secondary N) is 1. The quantitative estimate of drug-likeness (QED) is 0.602. The van der Waals surface area contributed by atoms with Crippen molar-refractivity contribution in [2.24, 2.45) is 0 Å². The standard InChI is InChI=1S/C15H24N2S/c1-14(13-17-10-5-6-11-17)16-9-12-18-15-7-3-2-4-8-15/h2-4,7-8,14,16H,5-6,9-13H2,1H3. The molecule has 0 amide bonds. The van der Waals surface area contributed by atoms with E-state index in [9.17, 15) is 0 Å². The van der Waals surface area contributed by atoms with Crippen LogP contribution in [0.1, 0.15) is 19.8 Å². The molecule has 1 aliphatic heterocycles. The van der Waals surface area contributed by atoms with E-state index >= 15 is 0 Å². The fourth-order valence-electron chi connectivity index (χ4n) is 2.41. The zero-order chi connectivity index (χ0) is 12.6. The zero-order valence-electron chi connectivity index (χ0n) is 11.3. The number of rotatable bonds is 7. The minimum absolute atomic E-state index is 0.611. The molecule has 18 heavy (non-hydrogen) atoms. The normalized spacial score (nSPS) is 18.1. The van der Waals surface area contributed by atoms with E-state index in [0.717, 1.165) is 12.3 Å². The van der Waals surface area contributed by atoms with Crippen molar-refractivity contribution in [3.05, 3.63) is 30.3 Å². The lowest BCUT2D eigenvalue weighted by molar-refractivity contribution is 0.301. The second-order valence-electron chi connectivity index (χ2n) is 5.02. The number of benzene rings is 1. The van der Waals surface area contributed by atoms with Crippen molar-refractivity contribution in [3.63, 3.8) is 0 Å². The fraction of sp³-hybridized carbons (Fsp3) is 0.600. The molecule has 0 aromatic heterocycles. The van der Waals surface area contributed by atoms with Crippen molar-refractivity contribution in [3.8, 4) is 0 Å². The lowest BCUT2D eigenvalue weighted by Crippen LogP contribution is -2.38. The summed E-state index contributed by atoms with van der Waals surface area (Å²) in [5.74, 6) is 1.15. The third-order valence-corrected chi connectivity index (χ3v) is 4.35. The molecule has 1 saturated heterocycles. The molecule has 0 aliphatic carbocycles. The molecule has 1 atom stereocenters. The Morgan fingerprint density at radius 1 is 1.22 bits per heavy atom. The van der Waals surface area contributed by atoms with Crippen molar-refractivity contribution >= 4 is 11.8 Å². The van der Waals surface area contributed by atoms with Crippen molar-refractivity contribution in [1.82, 2.24) is 10.2 Å². The average Bonchev–Trinajstić information content (AvgIpc) is 2.89. The minimum Gasteiger partial charge on any atom is -0.312 e. The molecule has 1 aromatic carbocycles. The molecule has 0 saturated carbocycles. The van der Waals surface area contributed by atoms with E-state index in [0.29, 0.717) is 6.04 Å². The summed E-state index contributed by atoms with van der Waals surface area (Å²) in [6.45, 7) is 7.19. The van der Waals surface area contributed by atoms with Crippen LogP contribution >= 0.6 is 11.8 Å². The van der Waals surface area contributed by atoms with Gasteiger partial charge >= 0.3 is 0 Å². The SMILES string of the molecule is CC(CN1CCCC1)NCCSc1ccccc1. The van der Waals surface area contributed by atoms with Gasteiger partial charge in [-0.25, -0.2) is 0 Å². The number of hydrogen-bond acceptors (Lipinski definition) is 3. The van der Waals surface area contributed by atoms with Gasteiger partial charge in [0.2, 0.25) is 0 Å². The van der Waals surface area contributed by atoms with Gasteiger partial charge in [0.05, 0.1) is 0 Å². The maximum atomic E-state index is 3.62. The molecule has 3 heteroatoms. The van der Waals surface area contributed by atoms with Crippen LogP contribution in [0.2, 0.25) is 0 Å². The maximum absolute atomic E-state index is 3.62. The van der Waals surface area contributed by atoms with Crippen molar-refractivity contribution in [2.75, 3.05) is 31.9 Å². The summed E-state index contributed by atoms with van der Waals surface area (Å²) < 4.78 is 0. The molecule has 1 aromatic rings. The van der Waals surface area contributed by atoms with E-state index in [1.165, 1.54) is 37.4 Å². The van der Waals surface area contributed by atoms with Crippen LogP contribution < -0.4 is 5.32 Å².